The Bertz CT molecular complexity index is 921. The van der Waals surface area contributed by atoms with Gasteiger partial charge in [-0.1, -0.05) is 48.5 Å². The second-order valence-electron chi connectivity index (χ2n) is 6.25. The molecular weight excluding hydrogens is 330 g/mol. The van der Waals surface area contributed by atoms with Crippen molar-refractivity contribution in [2.75, 3.05) is 11.4 Å². The zero-order chi connectivity index (χ0) is 18.1. The number of para-hydroxylation sites is 1. The van der Waals surface area contributed by atoms with Crippen LogP contribution >= 0.6 is 0 Å². The van der Waals surface area contributed by atoms with Crippen molar-refractivity contribution >= 4 is 23.5 Å². The van der Waals surface area contributed by atoms with Crippen LogP contribution in [-0.4, -0.2) is 29.3 Å². The molecule has 0 radical (unpaired) electrons. The van der Waals surface area contributed by atoms with Gasteiger partial charge in [0.05, 0.1) is 6.54 Å². The van der Waals surface area contributed by atoms with Gasteiger partial charge in [0, 0.05) is 18.4 Å². The number of nitrogens with zero attached hydrogens (tertiary/aromatic N) is 2. The Hall–Kier alpha value is -3.41. The van der Waals surface area contributed by atoms with Gasteiger partial charge in [-0.3, -0.25) is 19.8 Å². The number of hydrogen-bond acceptors (Lipinski definition) is 4. The van der Waals surface area contributed by atoms with Gasteiger partial charge >= 0.3 is 6.03 Å². The third kappa shape index (κ3) is 2.86. The summed E-state index contributed by atoms with van der Waals surface area (Å²) in [7, 11) is 0. The van der Waals surface area contributed by atoms with Crippen LogP contribution < -0.4 is 10.2 Å². The molecule has 2 heterocycles. The van der Waals surface area contributed by atoms with E-state index in [2.05, 4.69) is 5.32 Å². The van der Waals surface area contributed by atoms with E-state index in [9.17, 15) is 14.4 Å². The van der Waals surface area contributed by atoms with Gasteiger partial charge < -0.3 is 4.90 Å². The first-order chi connectivity index (χ1) is 12.6. The Morgan fingerprint density at radius 2 is 1.69 bits per heavy atom. The first kappa shape index (κ1) is 16.1. The Morgan fingerprint density at radius 1 is 0.962 bits per heavy atom. The summed E-state index contributed by atoms with van der Waals surface area (Å²) in [6.07, 6.45) is 2.40. The largest absolute Gasteiger partial charge is 0.346 e. The van der Waals surface area contributed by atoms with E-state index < -0.39 is 17.8 Å². The van der Waals surface area contributed by atoms with Crippen LogP contribution in [0.1, 0.15) is 11.1 Å². The summed E-state index contributed by atoms with van der Waals surface area (Å²) in [5.41, 5.74) is 2.94. The molecule has 0 atom stereocenters. The molecule has 26 heavy (non-hydrogen) atoms. The van der Waals surface area contributed by atoms with E-state index in [1.165, 1.54) is 5.56 Å². The highest BCUT2D eigenvalue weighted by molar-refractivity contribution is 6.28. The van der Waals surface area contributed by atoms with Crippen LogP contribution in [0, 0.1) is 0 Å². The zero-order valence-corrected chi connectivity index (χ0v) is 14.0. The Kier molecular flexibility index (Phi) is 4.01. The van der Waals surface area contributed by atoms with E-state index in [4.69, 9.17) is 0 Å². The molecule has 0 unspecified atom stereocenters. The van der Waals surface area contributed by atoms with Gasteiger partial charge in [0.1, 0.15) is 5.57 Å². The van der Waals surface area contributed by atoms with Crippen molar-refractivity contribution in [1.29, 1.82) is 0 Å². The standard InChI is InChI=1S/C20H17N3O3/c24-18-16(13-22-11-10-15-8-4-5-9-17(15)22)19(25)23(20(26)21-18)12-14-6-2-1-3-7-14/h1-9,13H,10-12H2,(H,21,24,26). The van der Waals surface area contributed by atoms with Crippen LogP contribution in [-0.2, 0) is 22.6 Å². The third-order valence-corrected chi connectivity index (χ3v) is 4.58. The average Bonchev–Trinajstić information content (AvgIpc) is 3.06. The summed E-state index contributed by atoms with van der Waals surface area (Å²) >= 11 is 0. The molecule has 1 saturated heterocycles. The quantitative estimate of drug-likeness (QED) is 0.683. The van der Waals surface area contributed by atoms with Gasteiger partial charge in [-0.2, -0.15) is 0 Å². The lowest BCUT2D eigenvalue weighted by atomic mass is 10.1. The van der Waals surface area contributed by atoms with E-state index in [1.54, 1.807) is 6.20 Å². The number of benzene rings is 2. The number of hydrogen-bond donors (Lipinski definition) is 1. The predicted molar refractivity (Wildman–Crippen MR) is 96.1 cm³/mol. The molecule has 0 bridgehead atoms. The first-order valence-electron chi connectivity index (χ1n) is 8.41. The van der Waals surface area contributed by atoms with Crippen LogP contribution in [0.3, 0.4) is 0 Å². The molecule has 1 N–H and O–H groups in total. The number of nitrogens with one attached hydrogen (secondary N) is 1. The van der Waals surface area contributed by atoms with E-state index >= 15 is 0 Å². The summed E-state index contributed by atoms with van der Waals surface area (Å²) in [6.45, 7) is 0.808. The SMILES string of the molecule is O=C1NC(=O)N(Cc2ccccc2)C(=O)C1=CN1CCc2ccccc21. The molecule has 2 aromatic rings. The molecule has 4 amide bonds. The van der Waals surface area contributed by atoms with Crippen LogP contribution in [0.5, 0.6) is 0 Å². The molecule has 2 aliphatic heterocycles. The monoisotopic (exact) mass is 347 g/mol. The number of urea groups is 1. The smallest absolute Gasteiger partial charge is 0.331 e. The van der Waals surface area contributed by atoms with Crippen molar-refractivity contribution in [3.63, 3.8) is 0 Å². The first-order valence-corrected chi connectivity index (χ1v) is 8.41. The molecule has 6 nitrogen and oxygen atoms in total. The minimum Gasteiger partial charge on any atom is -0.346 e. The number of imide groups is 2. The molecule has 0 saturated carbocycles. The molecule has 0 spiro atoms. The Balaban J connectivity index is 1.63. The highest BCUT2D eigenvalue weighted by Crippen LogP contribution is 2.28. The van der Waals surface area contributed by atoms with Crippen LogP contribution in [0.2, 0.25) is 0 Å². The molecule has 2 aliphatic rings. The summed E-state index contributed by atoms with van der Waals surface area (Å²) in [4.78, 5) is 40.1. The van der Waals surface area contributed by atoms with Crippen LogP contribution in [0.4, 0.5) is 10.5 Å². The third-order valence-electron chi connectivity index (χ3n) is 4.58. The van der Waals surface area contributed by atoms with E-state index in [0.717, 1.165) is 22.6 Å². The number of rotatable bonds is 3. The van der Waals surface area contributed by atoms with Gasteiger partial charge in [0.25, 0.3) is 11.8 Å². The van der Waals surface area contributed by atoms with Gasteiger partial charge in [-0.15, -0.1) is 0 Å². The van der Waals surface area contributed by atoms with Gasteiger partial charge in [-0.25, -0.2) is 4.79 Å². The highest BCUT2D eigenvalue weighted by atomic mass is 16.2. The molecule has 0 aromatic heterocycles. The topological polar surface area (TPSA) is 69.7 Å². The minimum absolute atomic E-state index is 0.0303. The Labute approximate surface area is 150 Å². The lowest BCUT2D eigenvalue weighted by molar-refractivity contribution is -0.130. The van der Waals surface area contributed by atoms with Crippen molar-refractivity contribution in [2.24, 2.45) is 0 Å². The number of anilines is 1. The fraction of sp³-hybridized carbons (Fsp3) is 0.150. The minimum atomic E-state index is -0.692. The maximum Gasteiger partial charge on any atom is 0.331 e. The number of fused-ring (bicyclic) bond motifs is 1. The highest BCUT2D eigenvalue weighted by Gasteiger charge is 2.36. The predicted octanol–water partition coefficient (Wildman–Crippen LogP) is 2.21. The number of amides is 4. The summed E-state index contributed by atoms with van der Waals surface area (Å²) in [6, 6.07) is 16.4. The van der Waals surface area contributed by atoms with Crippen LogP contribution in [0.15, 0.2) is 66.4 Å². The lowest BCUT2D eigenvalue weighted by Crippen LogP contribution is -2.54. The maximum atomic E-state index is 12.8. The Morgan fingerprint density at radius 3 is 2.50 bits per heavy atom. The van der Waals surface area contributed by atoms with Crippen molar-refractivity contribution in [3.05, 3.63) is 77.5 Å². The fourth-order valence-electron chi connectivity index (χ4n) is 3.24. The fourth-order valence-corrected chi connectivity index (χ4v) is 3.24. The van der Waals surface area contributed by atoms with Gasteiger partial charge in [0.2, 0.25) is 0 Å². The van der Waals surface area contributed by atoms with Gasteiger partial charge in [-0.05, 0) is 23.6 Å². The van der Waals surface area contributed by atoms with E-state index in [1.807, 2.05) is 59.5 Å². The number of carbonyl (C=O) groups excluding carboxylic acids is 3. The number of carbonyl (C=O) groups is 3. The van der Waals surface area contributed by atoms with Crippen molar-refractivity contribution in [1.82, 2.24) is 10.2 Å². The lowest BCUT2D eigenvalue weighted by Gasteiger charge is -2.27. The van der Waals surface area contributed by atoms with E-state index in [-0.39, 0.29) is 12.1 Å². The van der Waals surface area contributed by atoms with Crippen molar-refractivity contribution in [2.45, 2.75) is 13.0 Å². The molecule has 1 fully saturated rings. The molecule has 2 aromatic carbocycles. The second-order valence-corrected chi connectivity index (χ2v) is 6.25. The maximum absolute atomic E-state index is 12.8. The molecule has 0 aliphatic carbocycles. The van der Waals surface area contributed by atoms with Crippen LogP contribution in [0.25, 0.3) is 0 Å². The molecule has 130 valence electrons. The zero-order valence-electron chi connectivity index (χ0n) is 14.0. The van der Waals surface area contributed by atoms with Crippen molar-refractivity contribution < 1.29 is 14.4 Å². The summed E-state index contributed by atoms with van der Waals surface area (Å²) < 4.78 is 0. The molecule has 4 rings (SSSR count). The average molecular weight is 347 g/mol. The summed E-state index contributed by atoms with van der Waals surface area (Å²) in [5.74, 6) is -1.24. The van der Waals surface area contributed by atoms with Gasteiger partial charge in [0.15, 0.2) is 0 Å². The van der Waals surface area contributed by atoms with E-state index in [0.29, 0.717) is 6.54 Å². The normalized spacial score (nSPS) is 18.3. The second kappa shape index (κ2) is 6.48. The summed E-state index contributed by atoms with van der Waals surface area (Å²) in [5, 5.41) is 2.26. The molecular formula is C20H17N3O3. The van der Waals surface area contributed by atoms with Crippen molar-refractivity contribution in [3.8, 4) is 0 Å². The molecule has 6 heteroatoms. The number of barbiturate groups is 1.